The fourth-order valence-electron chi connectivity index (χ4n) is 4.37. The predicted octanol–water partition coefficient (Wildman–Crippen LogP) is 3.92. The van der Waals surface area contributed by atoms with E-state index in [0.29, 0.717) is 72.7 Å². The van der Waals surface area contributed by atoms with Crippen molar-refractivity contribution in [3.05, 3.63) is 47.1 Å². The molecule has 1 aliphatic carbocycles. The summed E-state index contributed by atoms with van der Waals surface area (Å²) in [6.45, 7) is 1.18. The molecular formula is C27H32ClN5O5. The van der Waals surface area contributed by atoms with Gasteiger partial charge in [-0.1, -0.05) is 11.6 Å². The second-order valence-electron chi connectivity index (χ2n) is 9.12. The van der Waals surface area contributed by atoms with E-state index in [1.54, 1.807) is 20.3 Å². The normalized spacial score (nSPS) is 21.6. The van der Waals surface area contributed by atoms with Crippen LogP contribution in [0.3, 0.4) is 0 Å². The van der Waals surface area contributed by atoms with Gasteiger partial charge in [0.2, 0.25) is 11.8 Å². The number of methoxy groups -OCH3 is 2. The smallest absolute Gasteiger partial charge is 0.226 e. The number of carbonyl (C=O) groups excluding carboxylic acids is 2. The lowest BCUT2D eigenvalue weighted by molar-refractivity contribution is -0.122. The molecule has 0 saturated heterocycles. The Balaban J connectivity index is 1.72. The number of hydrogen-bond acceptors (Lipinski definition) is 8. The highest BCUT2D eigenvalue weighted by atomic mass is 35.5. The van der Waals surface area contributed by atoms with Crippen molar-refractivity contribution in [3.8, 4) is 5.75 Å². The molecule has 202 valence electrons. The van der Waals surface area contributed by atoms with E-state index in [1.807, 2.05) is 18.2 Å². The number of nitrogens with zero attached hydrogens (tertiary/aromatic N) is 3. The van der Waals surface area contributed by atoms with Crippen molar-refractivity contribution < 1.29 is 23.8 Å². The van der Waals surface area contributed by atoms with Gasteiger partial charge in [0, 0.05) is 56.6 Å². The van der Waals surface area contributed by atoms with Crippen LogP contribution in [0, 0.1) is 5.92 Å². The minimum absolute atomic E-state index is 0.0701. The maximum atomic E-state index is 12.6. The van der Waals surface area contributed by atoms with E-state index < -0.39 is 0 Å². The number of aromatic nitrogens is 2. The molecule has 1 aromatic carbocycles. The first-order valence-electron chi connectivity index (χ1n) is 12.6. The number of hydrogen-bond donors (Lipinski definition) is 2. The third-order valence-electron chi connectivity index (χ3n) is 6.49. The number of aliphatic imine (C=N–C) groups is 1. The number of carbonyl (C=O) groups is 2. The molecule has 0 fully saturated rings. The standard InChI is InChI=1S/C27H32ClN5O5/c1-36-11-8-17-9-12-38-19-4-6-22-21(14-19)27(31-16-30-22)32-23-15-18(37-2)3-5-20(23)26(28)33-24(34)7-10-29-25(35)13-17/h4,6,14-17H,3,5,7-13H2,1-2H3,(H,29,35)(H,33,34)/b26-20+,32-23?. The Morgan fingerprint density at radius 2 is 2.00 bits per heavy atom. The summed E-state index contributed by atoms with van der Waals surface area (Å²) in [6.07, 6.45) is 6.19. The maximum absolute atomic E-state index is 12.6. The zero-order valence-electron chi connectivity index (χ0n) is 21.6. The lowest BCUT2D eigenvalue weighted by Crippen LogP contribution is -2.31. The highest BCUT2D eigenvalue weighted by Crippen LogP contribution is 2.31. The lowest BCUT2D eigenvalue weighted by Gasteiger charge is -2.19. The second-order valence-corrected chi connectivity index (χ2v) is 9.50. The molecule has 1 atom stereocenters. The molecule has 2 amide bonds. The first-order chi connectivity index (χ1) is 18.5. The summed E-state index contributed by atoms with van der Waals surface area (Å²) in [5, 5.41) is 6.47. The topological polar surface area (TPSA) is 124 Å². The van der Waals surface area contributed by atoms with Gasteiger partial charge in [-0.15, -0.1) is 0 Å². The fraction of sp³-hybridized carbons (Fsp3) is 0.444. The van der Waals surface area contributed by atoms with Gasteiger partial charge in [-0.3, -0.25) is 9.59 Å². The van der Waals surface area contributed by atoms with E-state index in [-0.39, 0.29) is 35.9 Å². The van der Waals surface area contributed by atoms with E-state index in [0.717, 1.165) is 12.2 Å². The predicted molar refractivity (Wildman–Crippen MR) is 144 cm³/mol. The Hall–Kier alpha value is -3.50. The molecule has 10 nitrogen and oxygen atoms in total. The van der Waals surface area contributed by atoms with Crippen molar-refractivity contribution in [2.24, 2.45) is 10.9 Å². The first kappa shape index (κ1) is 27.5. The third kappa shape index (κ3) is 7.29. The number of rotatable bonds is 4. The van der Waals surface area contributed by atoms with Crippen LogP contribution in [0.25, 0.3) is 10.9 Å². The number of allylic oxidation sites excluding steroid dienone is 3. The number of fused-ring (bicyclic) bond motifs is 2. The minimum atomic E-state index is -0.303. The summed E-state index contributed by atoms with van der Waals surface area (Å²) in [6, 6.07) is 5.57. The number of nitrogens with one attached hydrogen (secondary N) is 2. The second kappa shape index (κ2) is 13.3. The molecule has 1 aromatic heterocycles. The van der Waals surface area contributed by atoms with Crippen LogP contribution in [0.2, 0.25) is 0 Å². The highest BCUT2D eigenvalue weighted by Gasteiger charge is 2.21. The Kier molecular flexibility index (Phi) is 9.67. The Morgan fingerprint density at radius 1 is 1.13 bits per heavy atom. The number of amides is 2. The van der Waals surface area contributed by atoms with Gasteiger partial charge in [0.25, 0.3) is 0 Å². The van der Waals surface area contributed by atoms with E-state index in [4.69, 9.17) is 30.8 Å². The minimum Gasteiger partial charge on any atom is -0.501 e. The van der Waals surface area contributed by atoms with Crippen molar-refractivity contribution in [1.29, 1.82) is 0 Å². The van der Waals surface area contributed by atoms with Gasteiger partial charge >= 0.3 is 0 Å². The Labute approximate surface area is 226 Å². The van der Waals surface area contributed by atoms with E-state index in [1.165, 1.54) is 6.33 Å². The molecule has 0 radical (unpaired) electrons. The van der Waals surface area contributed by atoms with Crippen LogP contribution >= 0.6 is 11.6 Å². The van der Waals surface area contributed by atoms with Gasteiger partial charge < -0.3 is 24.8 Å². The van der Waals surface area contributed by atoms with Crippen LogP contribution < -0.4 is 15.4 Å². The van der Waals surface area contributed by atoms with Crippen molar-refractivity contribution in [3.63, 3.8) is 0 Å². The average Bonchev–Trinajstić information content (AvgIpc) is 2.91. The average molecular weight is 542 g/mol. The van der Waals surface area contributed by atoms with E-state index in [2.05, 4.69) is 20.6 Å². The van der Waals surface area contributed by atoms with Crippen LogP contribution in [0.15, 0.2) is 52.1 Å². The summed E-state index contributed by atoms with van der Waals surface area (Å²) in [5.41, 5.74) is 1.92. The van der Waals surface area contributed by atoms with E-state index >= 15 is 0 Å². The quantitative estimate of drug-likeness (QED) is 0.562. The molecule has 2 aliphatic rings. The summed E-state index contributed by atoms with van der Waals surface area (Å²) in [4.78, 5) is 38.7. The van der Waals surface area contributed by atoms with Crippen LogP contribution in [-0.4, -0.2) is 61.5 Å². The summed E-state index contributed by atoms with van der Waals surface area (Å²) < 4.78 is 16.7. The van der Waals surface area contributed by atoms with Gasteiger partial charge in [-0.2, -0.15) is 0 Å². The molecular weight excluding hydrogens is 510 g/mol. The maximum Gasteiger partial charge on any atom is 0.226 e. The molecule has 1 unspecified atom stereocenters. The summed E-state index contributed by atoms with van der Waals surface area (Å²) in [7, 11) is 3.24. The largest absolute Gasteiger partial charge is 0.501 e. The van der Waals surface area contributed by atoms with Crippen molar-refractivity contribution in [2.75, 3.05) is 34.0 Å². The van der Waals surface area contributed by atoms with Crippen LogP contribution in [0.5, 0.6) is 5.75 Å². The molecule has 2 bridgehead atoms. The van der Waals surface area contributed by atoms with Gasteiger partial charge in [0.15, 0.2) is 5.82 Å². The van der Waals surface area contributed by atoms with Crippen LogP contribution in [0.4, 0.5) is 5.82 Å². The Bertz CT molecular complexity index is 1280. The SMILES string of the molecule is COCCC1CCOc2ccc3ncnc(c3c2)N=C2C=C(OC)CC/C2=C(/Cl)NC(=O)CCNC(=O)C1. The molecule has 1 aliphatic heterocycles. The summed E-state index contributed by atoms with van der Waals surface area (Å²) in [5.74, 6) is 1.49. The first-order valence-corrected chi connectivity index (χ1v) is 13.0. The number of benzene rings is 1. The van der Waals surface area contributed by atoms with Crippen molar-refractivity contribution in [2.45, 2.75) is 38.5 Å². The molecule has 2 aromatic rings. The molecule has 4 rings (SSSR count). The van der Waals surface area contributed by atoms with E-state index in [9.17, 15) is 9.59 Å². The fourth-order valence-corrected chi connectivity index (χ4v) is 4.67. The third-order valence-corrected chi connectivity index (χ3v) is 6.81. The number of halogens is 1. The van der Waals surface area contributed by atoms with Crippen molar-refractivity contribution in [1.82, 2.24) is 20.6 Å². The van der Waals surface area contributed by atoms with Gasteiger partial charge in [0.05, 0.1) is 30.7 Å². The van der Waals surface area contributed by atoms with Gasteiger partial charge in [0.1, 0.15) is 17.2 Å². The molecule has 0 saturated carbocycles. The lowest BCUT2D eigenvalue weighted by atomic mass is 9.98. The van der Waals surface area contributed by atoms with Gasteiger partial charge in [-0.25, -0.2) is 15.0 Å². The zero-order chi connectivity index (χ0) is 26.9. The monoisotopic (exact) mass is 541 g/mol. The number of ether oxygens (including phenoxy) is 3. The van der Waals surface area contributed by atoms with Crippen LogP contribution in [0.1, 0.15) is 38.5 Å². The van der Waals surface area contributed by atoms with Crippen molar-refractivity contribution >= 4 is 45.8 Å². The Morgan fingerprint density at radius 3 is 2.82 bits per heavy atom. The molecule has 2 heterocycles. The van der Waals surface area contributed by atoms with Crippen LogP contribution in [-0.2, 0) is 19.1 Å². The molecule has 38 heavy (non-hydrogen) atoms. The zero-order valence-corrected chi connectivity index (χ0v) is 22.3. The van der Waals surface area contributed by atoms with Gasteiger partial charge in [-0.05, 0) is 43.4 Å². The highest BCUT2D eigenvalue weighted by molar-refractivity contribution is 6.33. The summed E-state index contributed by atoms with van der Waals surface area (Å²) >= 11 is 6.58. The molecule has 0 spiro atoms. The molecule has 2 N–H and O–H groups in total. The molecule has 11 heteroatoms.